The summed E-state index contributed by atoms with van der Waals surface area (Å²) in [5.74, 6) is 1.44. The predicted molar refractivity (Wildman–Crippen MR) is 85.5 cm³/mol. The third kappa shape index (κ3) is 4.04. The maximum Gasteiger partial charge on any atom is 0.240 e. The SMILES string of the molecule is Cl.O=S(=O)(NCC1CCCNC1)c1ccc2c(c1)OCCO2. The molecule has 1 aromatic rings. The van der Waals surface area contributed by atoms with Crippen LogP contribution < -0.4 is 19.5 Å². The summed E-state index contributed by atoms with van der Waals surface area (Å²) in [5, 5.41) is 3.28. The van der Waals surface area contributed by atoms with E-state index in [1.165, 1.54) is 6.07 Å². The number of nitrogens with one attached hydrogen (secondary N) is 2. The van der Waals surface area contributed by atoms with E-state index in [0.717, 1.165) is 25.9 Å². The van der Waals surface area contributed by atoms with Gasteiger partial charge in [0, 0.05) is 12.6 Å². The number of benzene rings is 1. The number of rotatable bonds is 4. The van der Waals surface area contributed by atoms with Gasteiger partial charge in [0.25, 0.3) is 0 Å². The molecule has 0 aromatic heterocycles. The summed E-state index contributed by atoms with van der Waals surface area (Å²) in [4.78, 5) is 0.218. The Morgan fingerprint density at radius 1 is 1.23 bits per heavy atom. The number of ether oxygens (including phenoxy) is 2. The molecule has 0 aliphatic carbocycles. The van der Waals surface area contributed by atoms with E-state index < -0.39 is 10.0 Å². The molecule has 1 saturated heterocycles. The molecule has 2 N–H and O–H groups in total. The van der Waals surface area contributed by atoms with Gasteiger partial charge in [-0.15, -0.1) is 12.4 Å². The maximum atomic E-state index is 12.3. The van der Waals surface area contributed by atoms with E-state index in [9.17, 15) is 8.42 Å². The van der Waals surface area contributed by atoms with Gasteiger partial charge in [0.05, 0.1) is 4.90 Å². The van der Waals surface area contributed by atoms with Crippen LogP contribution in [0.15, 0.2) is 23.1 Å². The molecule has 0 bridgehead atoms. The molecule has 8 heteroatoms. The smallest absolute Gasteiger partial charge is 0.240 e. The van der Waals surface area contributed by atoms with Crippen molar-refractivity contribution in [3.8, 4) is 11.5 Å². The average Bonchev–Trinajstić information content (AvgIpc) is 2.53. The van der Waals surface area contributed by atoms with Crippen LogP contribution in [0.25, 0.3) is 0 Å². The monoisotopic (exact) mass is 348 g/mol. The molecular formula is C14H21ClN2O4S. The summed E-state index contributed by atoms with van der Waals surface area (Å²) >= 11 is 0. The second-order valence-electron chi connectivity index (χ2n) is 5.37. The van der Waals surface area contributed by atoms with E-state index in [4.69, 9.17) is 9.47 Å². The van der Waals surface area contributed by atoms with Gasteiger partial charge in [0.2, 0.25) is 10.0 Å². The van der Waals surface area contributed by atoms with Crippen LogP contribution in [-0.4, -0.2) is 41.3 Å². The minimum atomic E-state index is -3.51. The van der Waals surface area contributed by atoms with Crippen molar-refractivity contribution < 1.29 is 17.9 Å². The van der Waals surface area contributed by atoms with Crippen molar-refractivity contribution in [3.05, 3.63) is 18.2 Å². The minimum absolute atomic E-state index is 0. The predicted octanol–water partition coefficient (Wildman–Crippen LogP) is 1.16. The van der Waals surface area contributed by atoms with Gasteiger partial charge >= 0.3 is 0 Å². The van der Waals surface area contributed by atoms with Crippen molar-refractivity contribution in [2.45, 2.75) is 17.7 Å². The lowest BCUT2D eigenvalue weighted by Crippen LogP contribution is -2.38. The molecule has 1 aromatic carbocycles. The Hall–Kier alpha value is -1.02. The normalized spacial score (nSPS) is 21.0. The van der Waals surface area contributed by atoms with Gasteiger partial charge in [0.15, 0.2) is 11.5 Å². The van der Waals surface area contributed by atoms with E-state index in [1.807, 2.05) is 0 Å². The molecule has 2 heterocycles. The average molecular weight is 349 g/mol. The topological polar surface area (TPSA) is 76.7 Å². The Kier molecular flexibility index (Phi) is 5.91. The zero-order valence-corrected chi connectivity index (χ0v) is 13.8. The Labute approximate surface area is 137 Å². The third-order valence-electron chi connectivity index (χ3n) is 3.78. The minimum Gasteiger partial charge on any atom is -0.486 e. The first-order valence-electron chi connectivity index (χ1n) is 7.25. The number of hydrogen-bond acceptors (Lipinski definition) is 5. The number of halogens is 1. The summed E-state index contributed by atoms with van der Waals surface area (Å²) in [7, 11) is -3.51. The van der Waals surface area contributed by atoms with Crippen LogP contribution in [0.2, 0.25) is 0 Å². The van der Waals surface area contributed by atoms with Crippen LogP contribution in [0.4, 0.5) is 0 Å². The molecule has 2 aliphatic heterocycles. The molecule has 0 radical (unpaired) electrons. The number of fused-ring (bicyclic) bond motifs is 1. The van der Waals surface area contributed by atoms with Crippen LogP contribution in [0.5, 0.6) is 11.5 Å². The molecule has 1 fully saturated rings. The van der Waals surface area contributed by atoms with Crippen molar-refractivity contribution in [2.75, 3.05) is 32.8 Å². The first kappa shape index (κ1) is 17.3. The summed E-state index contributed by atoms with van der Waals surface area (Å²) in [6.07, 6.45) is 2.15. The van der Waals surface area contributed by atoms with Gasteiger partial charge in [-0.2, -0.15) is 0 Å². The summed E-state index contributed by atoms with van der Waals surface area (Å²) in [6, 6.07) is 4.72. The molecular weight excluding hydrogens is 328 g/mol. The first-order valence-corrected chi connectivity index (χ1v) is 8.73. The molecule has 3 rings (SSSR count). The van der Waals surface area contributed by atoms with Crippen molar-refractivity contribution in [1.82, 2.24) is 10.0 Å². The van der Waals surface area contributed by atoms with Crippen LogP contribution in [0.3, 0.4) is 0 Å². The molecule has 0 spiro atoms. The van der Waals surface area contributed by atoms with Gasteiger partial charge in [-0.05, 0) is 44.0 Å². The highest BCUT2D eigenvalue weighted by molar-refractivity contribution is 7.89. The number of sulfonamides is 1. The Morgan fingerprint density at radius 2 is 2.00 bits per heavy atom. The van der Waals surface area contributed by atoms with Gasteiger partial charge in [-0.3, -0.25) is 0 Å². The highest BCUT2D eigenvalue weighted by atomic mass is 35.5. The lowest BCUT2D eigenvalue weighted by Gasteiger charge is -2.23. The molecule has 124 valence electrons. The fourth-order valence-corrected chi connectivity index (χ4v) is 3.73. The molecule has 1 unspecified atom stereocenters. The van der Waals surface area contributed by atoms with Gasteiger partial charge < -0.3 is 14.8 Å². The Morgan fingerprint density at radius 3 is 2.73 bits per heavy atom. The van der Waals surface area contributed by atoms with Crippen LogP contribution in [0.1, 0.15) is 12.8 Å². The fourth-order valence-electron chi connectivity index (χ4n) is 2.60. The zero-order chi connectivity index (χ0) is 14.7. The van der Waals surface area contributed by atoms with E-state index >= 15 is 0 Å². The van der Waals surface area contributed by atoms with Crippen molar-refractivity contribution in [2.24, 2.45) is 5.92 Å². The molecule has 0 amide bonds. The van der Waals surface area contributed by atoms with E-state index in [0.29, 0.717) is 37.2 Å². The maximum absolute atomic E-state index is 12.3. The lowest BCUT2D eigenvalue weighted by molar-refractivity contribution is 0.171. The number of piperidine rings is 1. The van der Waals surface area contributed by atoms with E-state index in [1.54, 1.807) is 12.1 Å². The fraction of sp³-hybridized carbons (Fsp3) is 0.571. The molecule has 6 nitrogen and oxygen atoms in total. The van der Waals surface area contributed by atoms with Gasteiger partial charge in [-0.25, -0.2) is 13.1 Å². The first-order chi connectivity index (χ1) is 10.1. The lowest BCUT2D eigenvalue weighted by atomic mass is 10.0. The second kappa shape index (κ2) is 7.50. The highest BCUT2D eigenvalue weighted by Crippen LogP contribution is 2.32. The van der Waals surface area contributed by atoms with Crippen LogP contribution in [-0.2, 0) is 10.0 Å². The molecule has 0 saturated carbocycles. The van der Waals surface area contributed by atoms with Crippen LogP contribution >= 0.6 is 12.4 Å². The highest BCUT2D eigenvalue weighted by Gasteiger charge is 2.21. The summed E-state index contributed by atoms with van der Waals surface area (Å²) in [5.41, 5.74) is 0. The van der Waals surface area contributed by atoms with Crippen molar-refractivity contribution in [1.29, 1.82) is 0 Å². The second-order valence-corrected chi connectivity index (χ2v) is 7.14. The number of hydrogen-bond donors (Lipinski definition) is 2. The largest absolute Gasteiger partial charge is 0.486 e. The van der Waals surface area contributed by atoms with Gasteiger partial charge in [0.1, 0.15) is 13.2 Å². The van der Waals surface area contributed by atoms with E-state index in [2.05, 4.69) is 10.0 Å². The zero-order valence-electron chi connectivity index (χ0n) is 12.2. The molecule has 22 heavy (non-hydrogen) atoms. The van der Waals surface area contributed by atoms with E-state index in [-0.39, 0.29) is 17.3 Å². The summed E-state index contributed by atoms with van der Waals surface area (Å²) < 4.78 is 38.2. The Balaban J connectivity index is 0.00000176. The standard InChI is InChI=1S/C14H20N2O4S.ClH/c17-21(18,16-10-11-2-1-5-15-9-11)12-3-4-13-14(8-12)20-7-6-19-13;/h3-4,8,11,15-16H,1-2,5-7,9-10H2;1H. The third-order valence-corrected chi connectivity index (χ3v) is 5.21. The Bertz CT molecular complexity index is 603. The van der Waals surface area contributed by atoms with Crippen molar-refractivity contribution >= 4 is 22.4 Å². The quantitative estimate of drug-likeness (QED) is 0.853. The molecule has 1 atom stereocenters. The van der Waals surface area contributed by atoms with Crippen molar-refractivity contribution in [3.63, 3.8) is 0 Å². The molecule has 2 aliphatic rings. The summed E-state index contributed by atoms with van der Waals surface area (Å²) in [6.45, 7) is 3.28. The van der Waals surface area contributed by atoms with Gasteiger partial charge in [-0.1, -0.05) is 0 Å². The van der Waals surface area contributed by atoms with Crippen LogP contribution in [0, 0.1) is 5.92 Å².